The molecule has 3 heteroatoms. The first-order valence-electron chi connectivity index (χ1n) is 6.04. The Morgan fingerprint density at radius 2 is 2.50 bits per heavy atom. The highest BCUT2D eigenvalue weighted by Crippen LogP contribution is 2.12. The van der Waals surface area contributed by atoms with Gasteiger partial charge < -0.3 is 10.1 Å². The fourth-order valence-electron chi connectivity index (χ4n) is 2.08. The van der Waals surface area contributed by atoms with Gasteiger partial charge in [0.2, 0.25) is 0 Å². The summed E-state index contributed by atoms with van der Waals surface area (Å²) in [4.78, 5) is 4.10. The maximum absolute atomic E-state index is 5.46. The molecule has 0 bridgehead atoms. The van der Waals surface area contributed by atoms with E-state index in [1.807, 2.05) is 12.4 Å². The molecule has 2 heterocycles. The normalized spacial score (nSPS) is 20.9. The lowest BCUT2D eigenvalue weighted by Crippen LogP contribution is -2.29. The SMILES string of the molecule is Cc1cnccc1CNCC1CCCOC1. The van der Waals surface area contributed by atoms with Crippen molar-refractivity contribution in [3.05, 3.63) is 29.6 Å². The average Bonchev–Trinajstić information content (AvgIpc) is 2.33. The van der Waals surface area contributed by atoms with Crippen LogP contribution in [0.3, 0.4) is 0 Å². The summed E-state index contributed by atoms with van der Waals surface area (Å²) in [5.41, 5.74) is 2.60. The van der Waals surface area contributed by atoms with Gasteiger partial charge in [-0.05, 0) is 42.9 Å². The van der Waals surface area contributed by atoms with Crippen LogP contribution in [0.1, 0.15) is 24.0 Å². The second-order valence-electron chi connectivity index (χ2n) is 4.52. The van der Waals surface area contributed by atoms with Crippen LogP contribution < -0.4 is 5.32 Å². The molecule has 3 nitrogen and oxygen atoms in total. The fraction of sp³-hybridized carbons (Fsp3) is 0.615. The molecule has 1 aromatic rings. The summed E-state index contributed by atoms with van der Waals surface area (Å²) in [5.74, 6) is 0.691. The number of rotatable bonds is 4. The van der Waals surface area contributed by atoms with Crippen molar-refractivity contribution in [3.8, 4) is 0 Å². The molecular weight excluding hydrogens is 200 g/mol. The molecule has 0 radical (unpaired) electrons. The summed E-state index contributed by atoms with van der Waals surface area (Å²) in [6.07, 6.45) is 6.28. The summed E-state index contributed by atoms with van der Waals surface area (Å²) in [5, 5.41) is 3.50. The zero-order valence-corrected chi connectivity index (χ0v) is 9.91. The number of hydrogen-bond acceptors (Lipinski definition) is 3. The van der Waals surface area contributed by atoms with E-state index >= 15 is 0 Å². The predicted molar refractivity (Wildman–Crippen MR) is 64.2 cm³/mol. The summed E-state index contributed by atoms with van der Waals surface area (Å²) < 4.78 is 5.46. The van der Waals surface area contributed by atoms with Crippen molar-refractivity contribution >= 4 is 0 Å². The molecule has 1 saturated heterocycles. The Hall–Kier alpha value is -0.930. The highest BCUT2D eigenvalue weighted by molar-refractivity contribution is 5.21. The standard InChI is InChI=1S/C13H20N2O/c1-11-7-14-5-4-13(11)9-15-8-12-3-2-6-16-10-12/h4-5,7,12,15H,2-3,6,8-10H2,1H3. The molecule has 1 aliphatic heterocycles. The molecule has 1 N–H and O–H groups in total. The third-order valence-electron chi connectivity index (χ3n) is 3.14. The van der Waals surface area contributed by atoms with Crippen LogP contribution in [0.2, 0.25) is 0 Å². The van der Waals surface area contributed by atoms with E-state index in [4.69, 9.17) is 4.74 Å². The second-order valence-corrected chi connectivity index (χ2v) is 4.52. The average molecular weight is 220 g/mol. The maximum atomic E-state index is 5.46. The third kappa shape index (κ3) is 3.29. The second kappa shape index (κ2) is 5.97. The van der Waals surface area contributed by atoms with E-state index in [-0.39, 0.29) is 0 Å². The molecule has 0 amide bonds. The number of ether oxygens (including phenoxy) is 1. The molecule has 88 valence electrons. The minimum absolute atomic E-state index is 0.691. The van der Waals surface area contributed by atoms with Crippen molar-refractivity contribution < 1.29 is 4.74 Å². The Labute approximate surface area is 97.2 Å². The minimum Gasteiger partial charge on any atom is -0.381 e. The van der Waals surface area contributed by atoms with Crippen LogP contribution in [0.25, 0.3) is 0 Å². The van der Waals surface area contributed by atoms with Gasteiger partial charge in [-0.25, -0.2) is 0 Å². The zero-order chi connectivity index (χ0) is 11.2. The van der Waals surface area contributed by atoms with Crippen molar-refractivity contribution in [2.24, 2.45) is 5.92 Å². The van der Waals surface area contributed by atoms with Crippen LogP contribution in [0, 0.1) is 12.8 Å². The summed E-state index contributed by atoms with van der Waals surface area (Å²) >= 11 is 0. The van der Waals surface area contributed by atoms with Crippen molar-refractivity contribution in [1.29, 1.82) is 0 Å². The van der Waals surface area contributed by atoms with Gasteiger partial charge in [0, 0.05) is 32.1 Å². The summed E-state index contributed by atoms with van der Waals surface area (Å²) in [6, 6.07) is 2.08. The van der Waals surface area contributed by atoms with Crippen LogP contribution in [-0.2, 0) is 11.3 Å². The van der Waals surface area contributed by atoms with E-state index in [0.29, 0.717) is 5.92 Å². The lowest BCUT2D eigenvalue weighted by atomic mass is 10.0. The molecule has 0 saturated carbocycles. The van der Waals surface area contributed by atoms with E-state index in [9.17, 15) is 0 Å². The topological polar surface area (TPSA) is 34.2 Å². The Morgan fingerprint density at radius 3 is 3.25 bits per heavy atom. The molecule has 1 aromatic heterocycles. The monoisotopic (exact) mass is 220 g/mol. The molecule has 0 aromatic carbocycles. The number of hydrogen-bond donors (Lipinski definition) is 1. The van der Waals surface area contributed by atoms with E-state index in [1.165, 1.54) is 24.0 Å². The lowest BCUT2D eigenvalue weighted by molar-refractivity contribution is 0.0547. The van der Waals surface area contributed by atoms with E-state index < -0.39 is 0 Å². The van der Waals surface area contributed by atoms with E-state index in [0.717, 1.165) is 26.3 Å². The molecule has 1 unspecified atom stereocenters. The van der Waals surface area contributed by atoms with Crippen molar-refractivity contribution in [1.82, 2.24) is 10.3 Å². The Kier molecular flexibility index (Phi) is 4.31. The van der Waals surface area contributed by atoms with Gasteiger partial charge >= 0.3 is 0 Å². The number of nitrogens with one attached hydrogen (secondary N) is 1. The van der Waals surface area contributed by atoms with Gasteiger partial charge in [-0.2, -0.15) is 0 Å². The fourth-order valence-corrected chi connectivity index (χ4v) is 2.08. The van der Waals surface area contributed by atoms with Gasteiger partial charge in [-0.3, -0.25) is 4.98 Å². The van der Waals surface area contributed by atoms with Crippen LogP contribution >= 0.6 is 0 Å². The summed E-state index contributed by atoms with van der Waals surface area (Å²) in [6.45, 7) is 5.96. The number of nitrogens with zero attached hydrogens (tertiary/aromatic N) is 1. The van der Waals surface area contributed by atoms with E-state index in [2.05, 4.69) is 23.3 Å². The highest BCUT2D eigenvalue weighted by atomic mass is 16.5. The molecule has 1 fully saturated rings. The van der Waals surface area contributed by atoms with Crippen molar-refractivity contribution in [2.45, 2.75) is 26.3 Å². The van der Waals surface area contributed by atoms with Crippen LogP contribution in [0.5, 0.6) is 0 Å². The maximum Gasteiger partial charge on any atom is 0.0506 e. The van der Waals surface area contributed by atoms with Crippen molar-refractivity contribution in [2.75, 3.05) is 19.8 Å². The first-order valence-corrected chi connectivity index (χ1v) is 6.04. The smallest absolute Gasteiger partial charge is 0.0506 e. The van der Waals surface area contributed by atoms with Gasteiger partial charge in [-0.1, -0.05) is 0 Å². The quantitative estimate of drug-likeness (QED) is 0.841. The molecule has 1 aliphatic rings. The third-order valence-corrected chi connectivity index (χ3v) is 3.14. The number of aryl methyl sites for hydroxylation is 1. The largest absolute Gasteiger partial charge is 0.381 e. The van der Waals surface area contributed by atoms with Crippen LogP contribution in [0.4, 0.5) is 0 Å². The molecule has 16 heavy (non-hydrogen) atoms. The molecule has 0 aliphatic carbocycles. The number of pyridine rings is 1. The highest BCUT2D eigenvalue weighted by Gasteiger charge is 2.12. The number of aromatic nitrogens is 1. The molecule has 2 rings (SSSR count). The first kappa shape index (κ1) is 11.6. The van der Waals surface area contributed by atoms with Crippen molar-refractivity contribution in [3.63, 3.8) is 0 Å². The van der Waals surface area contributed by atoms with Gasteiger partial charge in [0.25, 0.3) is 0 Å². The Morgan fingerprint density at radius 1 is 1.56 bits per heavy atom. The van der Waals surface area contributed by atoms with Gasteiger partial charge in [0.1, 0.15) is 0 Å². The minimum atomic E-state index is 0.691. The first-order chi connectivity index (χ1) is 7.86. The van der Waals surface area contributed by atoms with E-state index in [1.54, 1.807) is 0 Å². The molecule has 0 spiro atoms. The van der Waals surface area contributed by atoms with Gasteiger partial charge in [0.05, 0.1) is 6.61 Å². The zero-order valence-electron chi connectivity index (χ0n) is 9.91. The molecular formula is C13H20N2O. The lowest BCUT2D eigenvalue weighted by Gasteiger charge is -2.22. The van der Waals surface area contributed by atoms with Gasteiger partial charge in [-0.15, -0.1) is 0 Å². The predicted octanol–water partition coefficient (Wildman–Crippen LogP) is 1.91. The van der Waals surface area contributed by atoms with Crippen LogP contribution in [0.15, 0.2) is 18.5 Å². The Balaban J connectivity index is 1.73. The Bertz CT molecular complexity index is 321. The molecule has 1 atom stereocenters. The summed E-state index contributed by atoms with van der Waals surface area (Å²) in [7, 11) is 0. The van der Waals surface area contributed by atoms with Gasteiger partial charge in [0.15, 0.2) is 0 Å². The van der Waals surface area contributed by atoms with Crippen LogP contribution in [-0.4, -0.2) is 24.7 Å².